The van der Waals surface area contributed by atoms with Crippen molar-refractivity contribution >= 4 is 5.97 Å². The molecule has 5 aliphatic carbocycles. The van der Waals surface area contributed by atoms with E-state index in [1.54, 1.807) is 0 Å². The highest BCUT2D eigenvalue weighted by Gasteiger charge is 2.71. The molecule has 5 nitrogen and oxygen atoms in total. The summed E-state index contributed by atoms with van der Waals surface area (Å²) in [5, 5.41) is 0. The Morgan fingerprint density at radius 1 is 1.00 bits per heavy atom. The fourth-order valence-corrected chi connectivity index (χ4v) is 6.44. The van der Waals surface area contributed by atoms with Crippen LogP contribution in [0.5, 0.6) is 0 Å². The van der Waals surface area contributed by atoms with Gasteiger partial charge in [-0.25, -0.2) is 0 Å². The van der Waals surface area contributed by atoms with Crippen LogP contribution in [-0.2, 0) is 24.0 Å². The van der Waals surface area contributed by atoms with Gasteiger partial charge in [0.25, 0.3) is 0 Å². The molecule has 1 saturated heterocycles. The highest BCUT2D eigenvalue weighted by Crippen LogP contribution is 2.67. The Kier molecular flexibility index (Phi) is 3.00. The van der Waals surface area contributed by atoms with Crippen LogP contribution >= 0.6 is 0 Å². The van der Waals surface area contributed by atoms with Crippen LogP contribution in [-0.4, -0.2) is 24.7 Å². The topological polar surface area (TPSA) is 54.0 Å². The number of hydrogen-bond donors (Lipinski definition) is 0. The summed E-state index contributed by atoms with van der Waals surface area (Å²) in [6.07, 6.45) is 10.2. The normalized spacial score (nSPS) is 49.9. The highest BCUT2D eigenvalue weighted by atomic mass is 17.3. The average molecular weight is 322 g/mol. The first kappa shape index (κ1) is 14.7. The molecule has 6 aliphatic rings. The van der Waals surface area contributed by atoms with E-state index in [1.807, 2.05) is 0 Å². The number of carbonyl (C=O) groups excluding carboxylic acids is 1. The van der Waals surface area contributed by atoms with Gasteiger partial charge in [-0.15, -0.1) is 0 Å². The summed E-state index contributed by atoms with van der Waals surface area (Å²) in [5.41, 5.74) is -0.300. The predicted octanol–water partition coefficient (Wildman–Crippen LogP) is 3.32. The van der Waals surface area contributed by atoms with Crippen molar-refractivity contribution in [1.29, 1.82) is 0 Å². The summed E-state index contributed by atoms with van der Waals surface area (Å²) in [6, 6.07) is 0. The number of rotatable bonds is 1. The monoisotopic (exact) mass is 322 g/mol. The maximum absolute atomic E-state index is 12.4. The zero-order chi connectivity index (χ0) is 15.7. The van der Waals surface area contributed by atoms with Crippen molar-refractivity contribution in [2.24, 2.45) is 23.2 Å². The lowest BCUT2D eigenvalue weighted by Crippen LogP contribution is -2.64. The second-order valence-electron chi connectivity index (χ2n) is 8.58. The largest absolute Gasteiger partial charge is 0.469 e. The lowest BCUT2D eigenvalue weighted by molar-refractivity contribution is -0.393. The average Bonchev–Trinajstić information content (AvgIpc) is 2.92. The second kappa shape index (κ2) is 4.70. The summed E-state index contributed by atoms with van der Waals surface area (Å²) in [6.45, 7) is 0. The van der Waals surface area contributed by atoms with Gasteiger partial charge < -0.3 is 9.47 Å². The van der Waals surface area contributed by atoms with Crippen LogP contribution in [0.25, 0.3) is 0 Å². The van der Waals surface area contributed by atoms with E-state index >= 15 is 0 Å². The molecule has 6 rings (SSSR count). The molecule has 0 radical (unpaired) electrons. The molecule has 2 spiro atoms. The number of hydrogen-bond acceptors (Lipinski definition) is 5. The van der Waals surface area contributed by atoms with Crippen LogP contribution in [0.3, 0.4) is 0 Å². The first-order valence-corrected chi connectivity index (χ1v) is 9.25. The van der Waals surface area contributed by atoms with Crippen molar-refractivity contribution in [2.45, 2.75) is 75.8 Å². The van der Waals surface area contributed by atoms with Gasteiger partial charge in [-0.1, -0.05) is 6.42 Å². The Morgan fingerprint density at radius 2 is 1.70 bits per heavy atom. The molecule has 1 aliphatic heterocycles. The Bertz CT molecular complexity index is 508. The van der Waals surface area contributed by atoms with Crippen LogP contribution < -0.4 is 0 Å². The predicted molar refractivity (Wildman–Crippen MR) is 79.8 cm³/mol. The number of esters is 1. The molecule has 0 aromatic heterocycles. The molecular formula is C18H26O5. The molecule has 23 heavy (non-hydrogen) atoms. The van der Waals surface area contributed by atoms with E-state index in [1.165, 1.54) is 13.5 Å². The lowest BCUT2D eigenvalue weighted by atomic mass is 9.47. The summed E-state index contributed by atoms with van der Waals surface area (Å²) < 4.78 is 11.8. The molecule has 5 saturated carbocycles. The minimum atomic E-state index is -0.605. The van der Waals surface area contributed by atoms with Crippen LogP contribution in [0.15, 0.2) is 0 Å². The van der Waals surface area contributed by atoms with Crippen molar-refractivity contribution in [3.05, 3.63) is 0 Å². The minimum absolute atomic E-state index is 0.0296. The minimum Gasteiger partial charge on any atom is -0.469 e. The first-order chi connectivity index (χ1) is 11.1. The number of methoxy groups -OCH3 is 1. The Hall–Kier alpha value is -0.650. The molecule has 0 aromatic carbocycles. The third-order valence-corrected chi connectivity index (χ3v) is 7.23. The Balaban J connectivity index is 1.45. The summed E-state index contributed by atoms with van der Waals surface area (Å²) in [5.74, 6) is -0.0358. The SMILES string of the molecule is COC(=O)C12CC3CC(C1)C1(OOC4(CCCCC4)O1)C(C3)C2. The van der Waals surface area contributed by atoms with Crippen molar-refractivity contribution in [3.8, 4) is 0 Å². The maximum atomic E-state index is 12.4. The fraction of sp³-hybridized carbons (Fsp3) is 0.944. The van der Waals surface area contributed by atoms with E-state index in [4.69, 9.17) is 19.2 Å². The third-order valence-electron chi connectivity index (χ3n) is 7.23. The molecule has 6 fully saturated rings. The van der Waals surface area contributed by atoms with E-state index < -0.39 is 11.6 Å². The van der Waals surface area contributed by atoms with Crippen molar-refractivity contribution < 1.29 is 24.0 Å². The van der Waals surface area contributed by atoms with Gasteiger partial charge in [0.05, 0.1) is 12.5 Å². The van der Waals surface area contributed by atoms with Gasteiger partial charge in [-0.3, -0.25) is 4.79 Å². The molecule has 0 aromatic rings. The van der Waals surface area contributed by atoms with Gasteiger partial charge in [0.1, 0.15) is 0 Å². The molecular weight excluding hydrogens is 296 g/mol. The standard InChI is InChI=1S/C18H26O5/c1-20-15(19)16-9-12-7-13(10-16)18(14(8-12)11-16)21-17(22-23-18)5-3-2-4-6-17/h12-14H,2-11H2,1H3. The van der Waals surface area contributed by atoms with Gasteiger partial charge >= 0.3 is 5.97 Å². The zero-order valence-corrected chi connectivity index (χ0v) is 13.8. The molecule has 0 amide bonds. The maximum Gasteiger partial charge on any atom is 0.311 e. The molecule has 4 bridgehead atoms. The third kappa shape index (κ3) is 1.87. The lowest BCUT2D eigenvalue weighted by Gasteiger charge is -2.60. The van der Waals surface area contributed by atoms with Crippen molar-refractivity contribution in [2.75, 3.05) is 7.11 Å². The van der Waals surface area contributed by atoms with Gasteiger partial charge in [0.15, 0.2) is 0 Å². The Morgan fingerprint density at radius 3 is 2.35 bits per heavy atom. The van der Waals surface area contributed by atoms with E-state index in [0.717, 1.165) is 57.8 Å². The van der Waals surface area contributed by atoms with Gasteiger partial charge in [-0.05, 0) is 50.9 Å². The Labute approximate surface area is 136 Å². The van der Waals surface area contributed by atoms with E-state index in [0.29, 0.717) is 5.92 Å². The second-order valence-corrected chi connectivity index (χ2v) is 8.58. The number of ether oxygens (including phenoxy) is 2. The van der Waals surface area contributed by atoms with Crippen molar-refractivity contribution in [3.63, 3.8) is 0 Å². The van der Waals surface area contributed by atoms with Crippen LogP contribution in [0.1, 0.15) is 64.2 Å². The molecule has 2 atom stereocenters. The summed E-state index contributed by atoms with van der Waals surface area (Å²) in [4.78, 5) is 24.3. The van der Waals surface area contributed by atoms with Gasteiger partial charge in [0.2, 0.25) is 11.6 Å². The smallest absolute Gasteiger partial charge is 0.311 e. The fourth-order valence-electron chi connectivity index (χ4n) is 6.44. The van der Waals surface area contributed by atoms with Gasteiger partial charge in [0, 0.05) is 24.7 Å². The molecule has 5 heteroatoms. The van der Waals surface area contributed by atoms with Crippen molar-refractivity contribution in [1.82, 2.24) is 0 Å². The number of carbonyl (C=O) groups is 1. The highest BCUT2D eigenvalue weighted by molar-refractivity contribution is 5.77. The van der Waals surface area contributed by atoms with Crippen LogP contribution in [0.2, 0.25) is 0 Å². The van der Waals surface area contributed by atoms with E-state index in [-0.39, 0.29) is 23.2 Å². The van der Waals surface area contributed by atoms with E-state index in [2.05, 4.69) is 0 Å². The molecule has 2 unspecified atom stereocenters. The van der Waals surface area contributed by atoms with Crippen LogP contribution in [0.4, 0.5) is 0 Å². The summed E-state index contributed by atoms with van der Waals surface area (Å²) >= 11 is 0. The molecule has 0 N–H and O–H groups in total. The first-order valence-electron chi connectivity index (χ1n) is 9.25. The molecule has 128 valence electrons. The summed E-state index contributed by atoms with van der Waals surface area (Å²) in [7, 11) is 1.51. The zero-order valence-electron chi connectivity index (χ0n) is 13.8. The van der Waals surface area contributed by atoms with Gasteiger partial charge in [-0.2, -0.15) is 9.78 Å². The molecule has 1 heterocycles. The van der Waals surface area contributed by atoms with Crippen LogP contribution in [0, 0.1) is 23.2 Å². The quantitative estimate of drug-likeness (QED) is 0.547. The van der Waals surface area contributed by atoms with E-state index in [9.17, 15) is 4.79 Å².